The van der Waals surface area contributed by atoms with Crippen LogP contribution < -0.4 is 5.73 Å². The number of aromatic amines is 1. The second-order valence-electron chi connectivity index (χ2n) is 4.77. The van der Waals surface area contributed by atoms with E-state index in [1.54, 1.807) is 12.5 Å². The number of hydrogen-bond donors (Lipinski definition) is 2. The molecule has 0 saturated heterocycles. The minimum atomic E-state index is 0.560. The summed E-state index contributed by atoms with van der Waals surface area (Å²) in [7, 11) is 0. The number of H-pyrrole nitrogens is 1. The molecule has 2 aromatic carbocycles. The van der Waals surface area contributed by atoms with Crippen molar-refractivity contribution in [2.24, 2.45) is 0 Å². The quantitative estimate of drug-likeness (QED) is 0.551. The van der Waals surface area contributed by atoms with Gasteiger partial charge in [0.15, 0.2) is 0 Å². The molecule has 0 radical (unpaired) electrons. The molecule has 0 saturated carbocycles. The fourth-order valence-electron chi connectivity index (χ4n) is 2.48. The number of hydrogen-bond acceptors (Lipinski definition) is 3. The standard InChI is InChI=1S/C16H12N4/c17-16-13-7-11(2-1-10(13)5-6-18-16)12-3-4-14-15(8-12)20-9-19-14/h1-9H,(H2,17,18)(H,19,20). The van der Waals surface area contributed by atoms with Gasteiger partial charge in [0.05, 0.1) is 17.4 Å². The Morgan fingerprint density at radius 3 is 2.70 bits per heavy atom. The Hall–Kier alpha value is -2.88. The number of anilines is 1. The predicted octanol–water partition coefficient (Wildman–Crippen LogP) is 3.36. The molecule has 0 aliphatic carbocycles. The zero-order valence-electron chi connectivity index (χ0n) is 10.7. The van der Waals surface area contributed by atoms with Crippen LogP contribution in [0.4, 0.5) is 5.82 Å². The van der Waals surface area contributed by atoms with Crippen LogP contribution in [0.15, 0.2) is 55.0 Å². The molecule has 0 aliphatic rings. The first kappa shape index (κ1) is 11.0. The van der Waals surface area contributed by atoms with E-state index < -0.39 is 0 Å². The number of nitrogens with zero attached hydrogens (tertiary/aromatic N) is 2. The largest absolute Gasteiger partial charge is 0.383 e. The van der Waals surface area contributed by atoms with Crippen molar-refractivity contribution >= 4 is 27.6 Å². The molecule has 4 heteroatoms. The molecule has 0 amide bonds. The van der Waals surface area contributed by atoms with Crippen LogP contribution >= 0.6 is 0 Å². The van der Waals surface area contributed by atoms with E-state index >= 15 is 0 Å². The van der Waals surface area contributed by atoms with E-state index in [2.05, 4.69) is 45.3 Å². The van der Waals surface area contributed by atoms with Gasteiger partial charge in [0, 0.05) is 11.6 Å². The lowest BCUT2D eigenvalue weighted by atomic mass is 10.0. The van der Waals surface area contributed by atoms with E-state index in [1.165, 1.54) is 0 Å². The van der Waals surface area contributed by atoms with E-state index in [0.717, 1.165) is 32.9 Å². The SMILES string of the molecule is Nc1nccc2ccc(-c3ccc4[nH]cnc4c3)cc12. The second kappa shape index (κ2) is 4.06. The molecular formula is C16H12N4. The van der Waals surface area contributed by atoms with Gasteiger partial charge < -0.3 is 10.7 Å². The summed E-state index contributed by atoms with van der Waals surface area (Å²) in [5, 5.41) is 2.08. The van der Waals surface area contributed by atoms with Crippen molar-refractivity contribution in [1.29, 1.82) is 0 Å². The van der Waals surface area contributed by atoms with Gasteiger partial charge in [0.2, 0.25) is 0 Å². The Kier molecular flexibility index (Phi) is 2.23. The number of nitrogen functional groups attached to an aromatic ring is 1. The number of nitrogens with one attached hydrogen (secondary N) is 1. The van der Waals surface area contributed by atoms with Crippen molar-refractivity contribution in [3.8, 4) is 11.1 Å². The van der Waals surface area contributed by atoms with Crippen LogP contribution in [0.5, 0.6) is 0 Å². The third-order valence-corrected chi connectivity index (χ3v) is 3.55. The highest BCUT2D eigenvalue weighted by Crippen LogP contribution is 2.28. The molecule has 2 aromatic heterocycles. The minimum absolute atomic E-state index is 0.560. The molecular weight excluding hydrogens is 248 g/mol. The molecule has 0 spiro atoms. The van der Waals surface area contributed by atoms with Crippen molar-refractivity contribution in [2.45, 2.75) is 0 Å². The van der Waals surface area contributed by atoms with E-state index in [-0.39, 0.29) is 0 Å². The first-order valence-corrected chi connectivity index (χ1v) is 6.39. The Morgan fingerprint density at radius 2 is 1.75 bits per heavy atom. The lowest BCUT2D eigenvalue weighted by molar-refractivity contribution is 1.34. The molecule has 4 aromatic rings. The van der Waals surface area contributed by atoms with Crippen LogP contribution in [0.2, 0.25) is 0 Å². The number of pyridine rings is 1. The van der Waals surface area contributed by atoms with E-state index in [9.17, 15) is 0 Å². The lowest BCUT2D eigenvalue weighted by Gasteiger charge is -2.05. The van der Waals surface area contributed by atoms with Crippen molar-refractivity contribution in [3.05, 3.63) is 55.0 Å². The first-order chi connectivity index (χ1) is 9.81. The summed E-state index contributed by atoms with van der Waals surface area (Å²) >= 11 is 0. The van der Waals surface area contributed by atoms with Gasteiger partial charge in [-0.15, -0.1) is 0 Å². The number of aromatic nitrogens is 3. The highest BCUT2D eigenvalue weighted by Gasteiger charge is 2.04. The Morgan fingerprint density at radius 1 is 0.900 bits per heavy atom. The fraction of sp³-hybridized carbons (Fsp3) is 0. The molecule has 3 N–H and O–H groups in total. The van der Waals surface area contributed by atoms with Gasteiger partial charge in [-0.2, -0.15) is 0 Å². The van der Waals surface area contributed by atoms with Crippen LogP contribution in [0.25, 0.3) is 32.9 Å². The first-order valence-electron chi connectivity index (χ1n) is 6.39. The predicted molar refractivity (Wildman–Crippen MR) is 81.2 cm³/mol. The van der Waals surface area contributed by atoms with Gasteiger partial charge >= 0.3 is 0 Å². The zero-order valence-corrected chi connectivity index (χ0v) is 10.7. The number of rotatable bonds is 1. The van der Waals surface area contributed by atoms with Crippen molar-refractivity contribution in [2.75, 3.05) is 5.73 Å². The normalized spacial score (nSPS) is 11.2. The van der Waals surface area contributed by atoms with Gasteiger partial charge in [-0.05, 0) is 40.8 Å². The van der Waals surface area contributed by atoms with Crippen molar-refractivity contribution < 1.29 is 0 Å². The molecule has 2 heterocycles. The monoisotopic (exact) mass is 260 g/mol. The Labute approximate surface area is 115 Å². The lowest BCUT2D eigenvalue weighted by Crippen LogP contribution is -1.91. The number of nitrogens with two attached hydrogens (primary N) is 1. The van der Waals surface area contributed by atoms with Gasteiger partial charge in [0.25, 0.3) is 0 Å². The van der Waals surface area contributed by atoms with Crippen LogP contribution in [0.1, 0.15) is 0 Å². The summed E-state index contributed by atoms with van der Waals surface area (Å²) in [6.45, 7) is 0. The third kappa shape index (κ3) is 1.62. The molecule has 4 nitrogen and oxygen atoms in total. The smallest absolute Gasteiger partial charge is 0.131 e. The maximum atomic E-state index is 5.95. The van der Waals surface area contributed by atoms with Crippen LogP contribution in [0, 0.1) is 0 Å². The zero-order chi connectivity index (χ0) is 13.5. The summed E-state index contributed by atoms with van der Waals surface area (Å²) in [6, 6.07) is 14.4. The summed E-state index contributed by atoms with van der Waals surface area (Å²) < 4.78 is 0. The topological polar surface area (TPSA) is 67.6 Å². The van der Waals surface area contributed by atoms with Gasteiger partial charge in [-0.25, -0.2) is 9.97 Å². The molecule has 0 fully saturated rings. The molecule has 20 heavy (non-hydrogen) atoms. The molecule has 0 bridgehead atoms. The average molecular weight is 260 g/mol. The van der Waals surface area contributed by atoms with Crippen LogP contribution in [0.3, 0.4) is 0 Å². The molecule has 96 valence electrons. The van der Waals surface area contributed by atoms with Gasteiger partial charge in [0.1, 0.15) is 5.82 Å². The Balaban J connectivity index is 1.94. The summed E-state index contributed by atoms with van der Waals surface area (Å²) in [4.78, 5) is 11.5. The number of imidazole rings is 1. The van der Waals surface area contributed by atoms with E-state index in [0.29, 0.717) is 5.82 Å². The fourth-order valence-corrected chi connectivity index (χ4v) is 2.48. The van der Waals surface area contributed by atoms with Crippen LogP contribution in [-0.4, -0.2) is 15.0 Å². The summed E-state index contributed by atoms with van der Waals surface area (Å²) in [6.07, 6.45) is 3.43. The maximum Gasteiger partial charge on any atom is 0.131 e. The van der Waals surface area contributed by atoms with Crippen molar-refractivity contribution in [3.63, 3.8) is 0 Å². The molecule has 0 atom stereocenters. The van der Waals surface area contributed by atoms with Crippen LogP contribution in [-0.2, 0) is 0 Å². The summed E-state index contributed by atoms with van der Waals surface area (Å²) in [5.41, 5.74) is 10.2. The van der Waals surface area contributed by atoms with Gasteiger partial charge in [-0.3, -0.25) is 0 Å². The average Bonchev–Trinajstić information content (AvgIpc) is 2.95. The highest BCUT2D eigenvalue weighted by molar-refractivity contribution is 5.94. The summed E-state index contributed by atoms with van der Waals surface area (Å²) in [5.74, 6) is 0.560. The number of fused-ring (bicyclic) bond motifs is 2. The Bertz CT molecular complexity index is 924. The van der Waals surface area contributed by atoms with Crippen molar-refractivity contribution in [1.82, 2.24) is 15.0 Å². The molecule has 4 rings (SSSR count). The molecule has 0 unspecified atom stereocenters. The maximum absolute atomic E-state index is 5.95. The second-order valence-corrected chi connectivity index (χ2v) is 4.77. The third-order valence-electron chi connectivity index (χ3n) is 3.55. The van der Waals surface area contributed by atoms with E-state index in [4.69, 9.17) is 5.73 Å². The highest BCUT2D eigenvalue weighted by atomic mass is 14.9. The molecule has 0 aliphatic heterocycles. The van der Waals surface area contributed by atoms with E-state index in [1.807, 2.05) is 12.1 Å². The van der Waals surface area contributed by atoms with Gasteiger partial charge in [-0.1, -0.05) is 18.2 Å². The minimum Gasteiger partial charge on any atom is -0.383 e. The number of benzene rings is 2.